The summed E-state index contributed by atoms with van der Waals surface area (Å²) < 4.78 is 2.21. The van der Waals surface area contributed by atoms with E-state index in [1.54, 1.807) is 6.92 Å². The van der Waals surface area contributed by atoms with E-state index >= 15 is 0 Å². The Bertz CT molecular complexity index is 1850. The Hall–Kier alpha value is -4.92. The zero-order chi connectivity index (χ0) is 27.6. The molecule has 0 aliphatic carbocycles. The molecule has 2 N–H and O–H groups in total. The number of hydrogen-bond acceptors (Lipinski definition) is 6. The number of benzene rings is 2. The number of tetrazole rings is 1. The Morgan fingerprint density at radius 3 is 2.50 bits per heavy atom. The van der Waals surface area contributed by atoms with E-state index in [9.17, 15) is 4.79 Å². The Morgan fingerprint density at radius 2 is 1.75 bits per heavy atom. The van der Waals surface area contributed by atoms with Crippen LogP contribution in [-0.2, 0) is 13.0 Å². The predicted molar refractivity (Wildman–Crippen MR) is 156 cm³/mol. The lowest BCUT2D eigenvalue weighted by atomic mass is 9.97. The number of nitrogens with zero attached hydrogens (tertiary/aromatic N) is 6. The quantitative estimate of drug-likeness (QED) is 0.263. The second-order valence-electron chi connectivity index (χ2n) is 10.1. The molecule has 40 heavy (non-hydrogen) atoms. The van der Waals surface area contributed by atoms with Crippen LogP contribution in [0.4, 0.5) is 0 Å². The maximum Gasteiger partial charge on any atom is 0.251 e. The molecule has 4 aromatic heterocycles. The van der Waals surface area contributed by atoms with Crippen LogP contribution >= 0.6 is 0 Å². The van der Waals surface area contributed by atoms with Gasteiger partial charge in [-0.2, -0.15) is 0 Å². The van der Waals surface area contributed by atoms with Gasteiger partial charge >= 0.3 is 0 Å². The smallest absolute Gasteiger partial charge is 0.251 e. The third-order valence-electron chi connectivity index (χ3n) is 7.25. The van der Waals surface area contributed by atoms with Crippen molar-refractivity contribution in [3.8, 4) is 33.8 Å². The summed E-state index contributed by atoms with van der Waals surface area (Å²) in [7, 11) is 0. The maximum absolute atomic E-state index is 12.3. The van der Waals surface area contributed by atoms with E-state index in [0.717, 1.165) is 75.5 Å². The Kier molecular flexibility index (Phi) is 6.77. The first-order chi connectivity index (χ1) is 19.5. The van der Waals surface area contributed by atoms with E-state index in [2.05, 4.69) is 67.4 Å². The van der Waals surface area contributed by atoms with Crippen LogP contribution in [-0.4, -0.2) is 40.1 Å². The average molecular weight is 531 g/mol. The summed E-state index contributed by atoms with van der Waals surface area (Å²) in [5, 5.41) is 14.8. The van der Waals surface area contributed by atoms with Gasteiger partial charge in [-0.3, -0.25) is 4.79 Å². The van der Waals surface area contributed by atoms with Crippen molar-refractivity contribution in [2.75, 3.05) is 0 Å². The van der Waals surface area contributed by atoms with Crippen molar-refractivity contribution in [3.63, 3.8) is 0 Å². The van der Waals surface area contributed by atoms with Gasteiger partial charge in [0.2, 0.25) is 0 Å². The number of aryl methyl sites for hydroxylation is 3. The number of rotatable bonds is 8. The highest BCUT2D eigenvalue weighted by atomic mass is 16.1. The standard InChI is InChI=1S/C31H30N8O/c1-4-5-11-28-33-27-17-24(26-15-12-19(2)31(40)34-26)20(3)32-30(27)39(28)18-21-13-14-23(22-9-7-6-8-10-22)25(16-21)29-35-37-38-36-29/h6-10,12-17H,4-5,11,18H2,1-3H3,(H,34,40)(H,35,36,37,38). The minimum atomic E-state index is -0.0946. The molecule has 0 unspecified atom stereocenters. The van der Waals surface area contributed by atoms with Crippen LogP contribution in [0.5, 0.6) is 0 Å². The highest BCUT2D eigenvalue weighted by Gasteiger charge is 2.18. The third-order valence-corrected chi connectivity index (χ3v) is 7.25. The van der Waals surface area contributed by atoms with E-state index in [1.165, 1.54) is 0 Å². The van der Waals surface area contributed by atoms with Crippen LogP contribution in [0.3, 0.4) is 0 Å². The normalized spacial score (nSPS) is 11.4. The Labute approximate surface area is 231 Å². The number of aromatic nitrogens is 8. The summed E-state index contributed by atoms with van der Waals surface area (Å²) >= 11 is 0. The first kappa shape index (κ1) is 25.4. The third kappa shape index (κ3) is 4.82. The van der Waals surface area contributed by atoms with E-state index in [0.29, 0.717) is 17.9 Å². The lowest BCUT2D eigenvalue weighted by Crippen LogP contribution is -2.10. The largest absolute Gasteiger partial charge is 0.322 e. The van der Waals surface area contributed by atoms with Gasteiger partial charge in [0.25, 0.3) is 5.56 Å². The van der Waals surface area contributed by atoms with Gasteiger partial charge in [0, 0.05) is 28.8 Å². The topological polar surface area (TPSA) is 118 Å². The van der Waals surface area contributed by atoms with Gasteiger partial charge in [-0.25, -0.2) is 15.1 Å². The number of hydrogen-bond donors (Lipinski definition) is 2. The van der Waals surface area contributed by atoms with Gasteiger partial charge in [-0.05, 0) is 65.6 Å². The van der Waals surface area contributed by atoms with Crippen LogP contribution in [0.15, 0.2) is 71.5 Å². The number of nitrogens with one attached hydrogen (secondary N) is 2. The number of unbranched alkanes of at least 4 members (excludes halogenated alkanes) is 1. The molecule has 0 saturated carbocycles. The molecule has 0 fully saturated rings. The Morgan fingerprint density at radius 1 is 0.900 bits per heavy atom. The highest BCUT2D eigenvalue weighted by Crippen LogP contribution is 2.32. The van der Waals surface area contributed by atoms with E-state index < -0.39 is 0 Å². The number of H-pyrrole nitrogens is 2. The SMILES string of the molecule is CCCCc1nc2cc(-c3ccc(C)c(=O)[nH]3)c(C)nc2n1Cc1ccc(-c2ccccc2)c(-c2nnn[nH]2)c1. The summed E-state index contributed by atoms with van der Waals surface area (Å²) in [4.78, 5) is 25.3. The average Bonchev–Trinajstić information content (AvgIpc) is 3.62. The molecule has 0 spiro atoms. The maximum atomic E-state index is 12.3. The van der Waals surface area contributed by atoms with Gasteiger partial charge in [0.15, 0.2) is 11.5 Å². The summed E-state index contributed by atoms with van der Waals surface area (Å²) in [5.74, 6) is 1.61. The molecule has 0 aliphatic heterocycles. The van der Waals surface area contributed by atoms with E-state index in [4.69, 9.17) is 9.97 Å². The summed E-state index contributed by atoms with van der Waals surface area (Å²) in [5.41, 5.74) is 8.86. The second kappa shape index (κ2) is 10.7. The molecule has 6 rings (SSSR count). The van der Waals surface area contributed by atoms with E-state index in [-0.39, 0.29) is 5.56 Å². The number of aromatic amines is 2. The van der Waals surface area contributed by atoms with Crippen molar-refractivity contribution in [3.05, 3.63) is 99.7 Å². The van der Waals surface area contributed by atoms with Crippen molar-refractivity contribution in [2.45, 2.75) is 46.6 Å². The van der Waals surface area contributed by atoms with Gasteiger partial charge < -0.3 is 9.55 Å². The van der Waals surface area contributed by atoms with Gasteiger partial charge in [-0.15, -0.1) is 5.10 Å². The first-order valence-electron chi connectivity index (χ1n) is 13.5. The monoisotopic (exact) mass is 530 g/mol. The molecule has 0 aliphatic rings. The fourth-order valence-electron chi connectivity index (χ4n) is 5.06. The molecular weight excluding hydrogens is 500 g/mol. The highest BCUT2D eigenvalue weighted by molar-refractivity contribution is 5.82. The molecule has 200 valence electrons. The molecule has 0 atom stereocenters. The van der Waals surface area contributed by atoms with Crippen LogP contribution in [0, 0.1) is 13.8 Å². The summed E-state index contributed by atoms with van der Waals surface area (Å²) in [6.07, 6.45) is 2.95. The van der Waals surface area contributed by atoms with Crippen LogP contribution < -0.4 is 5.56 Å². The van der Waals surface area contributed by atoms with Gasteiger partial charge in [-0.1, -0.05) is 61.9 Å². The van der Waals surface area contributed by atoms with Gasteiger partial charge in [0.1, 0.15) is 11.3 Å². The predicted octanol–water partition coefficient (Wildman–Crippen LogP) is 5.64. The zero-order valence-electron chi connectivity index (χ0n) is 22.8. The first-order valence-corrected chi connectivity index (χ1v) is 13.5. The molecular formula is C31H30N8O. The fourth-order valence-corrected chi connectivity index (χ4v) is 5.06. The zero-order valence-corrected chi connectivity index (χ0v) is 22.8. The minimum Gasteiger partial charge on any atom is -0.322 e. The molecule has 0 saturated heterocycles. The minimum absolute atomic E-state index is 0.0946. The second-order valence-corrected chi connectivity index (χ2v) is 10.1. The molecule has 9 nitrogen and oxygen atoms in total. The lowest BCUT2D eigenvalue weighted by molar-refractivity contribution is 0.686. The van der Waals surface area contributed by atoms with E-state index in [1.807, 2.05) is 43.3 Å². The van der Waals surface area contributed by atoms with Crippen LogP contribution in [0.2, 0.25) is 0 Å². The molecule has 9 heteroatoms. The van der Waals surface area contributed by atoms with Crippen molar-refractivity contribution in [2.24, 2.45) is 0 Å². The lowest BCUT2D eigenvalue weighted by Gasteiger charge is -2.13. The summed E-state index contributed by atoms with van der Waals surface area (Å²) in [6.45, 7) is 6.56. The van der Waals surface area contributed by atoms with Crippen LogP contribution in [0.25, 0.3) is 44.9 Å². The number of fused-ring (bicyclic) bond motifs is 1. The molecule has 0 radical (unpaired) electrons. The number of pyridine rings is 2. The van der Waals surface area contributed by atoms with Gasteiger partial charge in [0.05, 0.1) is 12.2 Å². The van der Waals surface area contributed by atoms with Crippen molar-refractivity contribution in [1.29, 1.82) is 0 Å². The summed E-state index contributed by atoms with van der Waals surface area (Å²) in [6, 6.07) is 22.4. The van der Waals surface area contributed by atoms with Crippen LogP contribution in [0.1, 0.15) is 42.4 Å². The fraction of sp³-hybridized carbons (Fsp3) is 0.226. The van der Waals surface area contributed by atoms with Crippen molar-refractivity contribution >= 4 is 11.2 Å². The van der Waals surface area contributed by atoms with Crippen molar-refractivity contribution < 1.29 is 0 Å². The van der Waals surface area contributed by atoms with Crippen molar-refractivity contribution in [1.82, 2.24) is 40.1 Å². The molecule has 6 aromatic rings. The molecule has 4 heterocycles. The number of imidazole rings is 1. The molecule has 0 bridgehead atoms. The molecule has 0 amide bonds. The molecule has 2 aromatic carbocycles. The Balaban J connectivity index is 1.45.